The van der Waals surface area contributed by atoms with E-state index in [-0.39, 0.29) is 41.1 Å². The summed E-state index contributed by atoms with van der Waals surface area (Å²) in [6.07, 6.45) is 7.15. The van der Waals surface area contributed by atoms with Crippen molar-refractivity contribution in [1.82, 2.24) is 0 Å². The SMILES string of the molecule is CCCCCCCCC(=O)Oc1ccc(C(=O)O)cc1.[Na]. The Morgan fingerprint density at radius 3 is 2.14 bits per heavy atom. The molecule has 0 atom stereocenters. The molecule has 0 aromatic heterocycles. The Morgan fingerprint density at radius 1 is 1.00 bits per heavy atom. The molecule has 0 fully saturated rings. The average molecular weight is 301 g/mol. The summed E-state index contributed by atoms with van der Waals surface area (Å²) in [4.78, 5) is 22.3. The van der Waals surface area contributed by atoms with Gasteiger partial charge in [0.1, 0.15) is 5.75 Å². The first-order valence-corrected chi connectivity index (χ1v) is 7.17. The normalized spacial score (nSPS) is 9.76. The molecule has 0 aliphatic carbocycles. The predicted molar refractivity (Wildman–Crippen MR) is 82.8 cm³/mol. The van der Waals surface area contributed by atoms with Crippen LogP contribution in [0.15, 0.2) is 24.3 Å². The van der Waals surface area contributed by atoms with Crippen LogP contribution in [0.3, 0.4) is 0 Å². The Kier molecular flexibility index (Phi) is 11.3. The van der Waals surface area contributed by atoms with Gasteiger partial charge in [-0.15, -0.1) is 0 Å². The van der Waals surface area contributed by atoms with Crippen molar-refractivity contribution >= 4 is 41.5 Å². The Labute approximate surface area is 148 Å². The van der Waals surface area contributed by atoms with E-state index in [4.69, 9.17) is 9.84 Å². The third-order valence-corrected chi connectivity index (χ3v) is 3.07. The van der Waals surface area contributed by atoms with Gasteiger partial charge in [0, 0.05) is 36.0 Å². The number of carboxylic acids is 1. The van der Waals surface area contributed by atoms with Crippen LogP contribution in [0.25, 0.3) is 0 Å². The summed E-state index contributed by atoms with van der Waals surface area (Å²) in [5, 5.41) is 8.75. The number of aromatic carboxylic acids is 1. The summed E-state index contributed by atoms with van der Waals surface area (Å²) in [6, 6.07) is 5.86. The summed E-state index contributed by atoms with van der Waals surface area (Å²) in [5.41, 5.74) is 0.181. The number of unbranched alkanes of at least 4 members (excludes halogenated alkanes) is 5. The molecule has 0 spiro atoms. The minimum atomic E-state index is -0.991. The predicted octanol–water partition coefficient (Wildman–Crippen LogP) is 3.66. The van der Waals surface area contributed by atoms with E-state index in [0.717, 1.165) is 19.3 Å². The number of carbonyl (C=O) groups excluding carboxylic acids is 1. The topological polar surface area (TPSA) is 63.6 Å². The van der Waals surface area contributed by atoms with Gasteiger partial charge in [-0.2, -0.15) is 0 Å². The summed E-state index contributed by atoms with van der Waals surface area (Å²) in [6.45, 7) is 2.17. The van der Waals surface area contributed by atoms with Crippen LogP contribution < -0.4 is 4.74 Å². The standard InChI is InChI=1S/C16H22O4.Na/c1-2-3-4-5-6-7-8-15(17)20-14-11-9-13(10-12-14)16(18)19;/h9-12H,2-8H2,1H3,(H,18,19);. The molecule has 1 rings (SSSR count). The number of hydrogen-bond donors (Lipinski definition) is 1. The van der Waals surface area contributed by atoms with Gasteiger partial charge >= 0.3 is 11.9 Å². The van der Waals surface area contributed by atoms with E-state index in [9.17, 15) is 9.59 Å². The van der Waals surface area contributed by atoms with Crippen LogP contribution in [0.5, 0.6) is 5.75 Å². The molecule has 0 saturated carbocycles. The van der Waals surface area contributed by atoms with E-state index in [1.807, 2.05) is 0 Å². The molecule has 21 heavy (non-hydrogen) atoms. The maximum absolute atomic E-state index is 11.6. The van der Waals surface area contributed by atoms with E-state index in [2.05, 4.69) is 6.92 Å². The second-order valence-electron chi connectivity index (χ2n) is 4.82. The van der Waals surface area contributed by atoms with Crippen molar-refractivity contribution in [2.45, 2.75) is 51.9 Å². The Morgan fingerprint density at radius 2 is 1.57 bits per heavy atom. The molecule has 0 aliphatic heterocycles. The van der Waals surface area contributed by atoms with Crippen LogP contribution >= 0.6 is 0 Å². The smallest absolute Gasteiger partial charge is 0.335 e. The Hall–Kier alpha value is -0.840. The maximum Gasteiger partial charge on any atom is 0.335 e. The molecule has 0 saturated heterocycles. The fourth-order valence-corrected chi connectivity index (χ4v) is 1.90. The van der Waals surface area contributed by atoms with Gasteiger partial charge in [-0.3, -0.25) is 4.79 Å². The van der Waals surface area contributed by atoms with Crippen molar-refractivity contribution in [1.29, 1.82) is 0 Å². The Bertz CT molecular complexity index is 428. The molecule has 1 N–H and O–H groups in total. The number of carbonyl (C=O) groups is 2. The van der Waals surface area contributed by atoms with Gasteiger partial charge in [-0.1, -0.05) is 39.0 Å². The summed E-state index contributed by atoms with van der Waals surface area (Å²) in [7, 11) is 0. The van der Waals surface area contributed by atoms with Crippen LogP contribution in [0.1, 0.15) is 62.2 Å². The van der Waals surface area contributed by atoms with Crippen molar-refractivity contribution in [3.05, 3.63) is 29.8 Å². The zero-order valence-corrected chi connectivity index (χ0v) is 14.9. The molecule has 4 nitrogen and oxygen atoms in total. The number of ether oxygens (including phenoxy) is 1. The van der Waals surface area contributed by atoms with Gasteiger partial charge < -0.3 is 9.84 Å². The van der Waals surface area contributed by atoms with Crippen LogP contribution in [-0.2, 0) is 4.79 Å². The molecule has 5 heteroatoms. The fourth-order valence-electron chi connectivity index (χ4n) is 1.90. The van der Waals surface area contributed by atoms with Crippen molar-refractivity contribution in [3.63, 3.8) is 0 Å². The number of benzene rings is 1. The monoisotopic (exact) mass is 301 g/mol. The van der Waals surface area contributed by atoms with Crippen LogP contribution in [-0.4, -0.2) is 46.6 Å². The number of esters is 1. The minimum Gasteiger partial charge on any atom is -0.478 e. The molecule has 0 heterocycles. The van der Waals surface area contributed by atoms with Crippen molar-refractivity contribution < 1.29 is 19.4 Å². The van der Waals surface area contributed by atoms with Gasteiger partial charge in [0.2, 0.25) is 0 Å². The zero-order chi connectivity index (χ0) is 14.8. The van der Waals surface area contributed by atoms with Crippen LogP contribution in [0, 0.1) is 0 Å². The van der Waals surface area contributed by atoms with Crippen LogP contribution in [0.2, 0.25) is 0 Å². The molecule has 0 amide bonds. The fraction of sp³-hybridized carbons (Fsp3) is 0.500. The van der Waals surface area contributed by atoms with E-state index >= 15 is 0 Å². The maximum atomic E-state index is 11.6. The molecule has 0 unspecified atom stereocenters. The molecule has 111 valence electrons. The summed E-state index contributed by atoms with van der Waals surface area (Å²) in [5.74, 6) is -0.857. The van der Waals surface area contributed by atoms with Crippen molar-refractivity contribution in [2.75, 3.05) is 0 Å². The molecular formula is C16H22NaO4. The van der Waals surface area contributed by atoms with Gasteiger partial charge in [0.25, 0.3) is 0 Å². The summed E-state index contributed by atoms with van der Waals surface area (Å²) >= 11 is 0. The van der Waals surface area contributed by atoms with E-state index in [1.165, 1.54) is 43.5 Å². The largest absolute Gasteiger partial charge is 0.478 e. The van der Waals surface area contributed by atoms with Crippen molar-refractivity contribution in [3.8, 4) is 5.75 Å². The molecule has 0 aliphatic rings. The number of hydrogen-bond acceptors (Lipinski definition) is 3. The second kappa shape index (κ2) is 11.8. The molecular weight excluding hydrogens is 279 g/mol. The zero-order valence-electron chi connectivity index (χ0n) is 12.9. The quantitative estimate of drug-likeness (QED) is 0.327. The van der Waals surface area contributed by atoms with Crippen molar-refractivity contribution in [2.24, 2.45) is 0 Å². The van der Waals surface area contributed by atoms with Gasteiger partial charge in [0.15, 0.2) is 0 Å². The molecule has 1 radical (unpaired) electrons. The third kappa shape index (κ3) is 8.91. The molecule has 0 bridgehead atoms. The Balaban J connectivity index is 0.00000400. The first-order valence-electron chi connectivity index (χ1n) is 7.17. The first kappa shape index (κ1) is 20.2. The number of carboxylic acid groups (broad SMARTS) is 1. The van der Waals surface area contributed by atoms with E-state index < -0.39 is 5.97 Å². The van der Waals surface area contributed by atoms with E-state index in [0.29, 0.717) is 12.2 Å². The number of rotatable bonds is 9. The minimum absolute atomic E-state index is 0. The first-order chi connectivity index (χ1) is 9.63. The molecule has 1 aromatic rings. The third-order valence-electron chi connectivity index (χ3n) is 3.07. The second-order valence-corrected chi connectivity index (χ2v) is 4.82. The van der Waals surface area contributed by atoms with Crippen LogP contribution in [0.4, 0.5) is 0 Å². The van der Waals surface area contributed by atoms with E-state index in [1.54, 1.807) is 0 Å². The summed E-state index contributed by atoms with van der Waals surface area (Å²) < 4.78 is 5.14. The van der Waals surface area contributed by atoms with Gasteiger partial charge in [-0.05, 0) is 30.7 Å². The van der Waals surface area contributed by atoms with Gasteiger partial charge in [0.05, 0.1) is 5.56 Å². The average Bonchev–Trinajstić information content (AvgIpc) is 2.43. The van der Waals surface area contributed by atoms with Gasteiger partial charge in [-0.25, -0.2) is 4.79 Å². The molecule has 1 aromatic carbocycles.